The van der Waals surface area contributed by atoms with E-state index < -0.39 is 59.9 Å². The molecule has 10 unspecified atom stereocenters. The summed E-state index contributed by atoms with van der Waals surface area (Å²) < 4.78 is 62.0. The molecule has 4 N–H and O–H groups in total. The number of amides is 3. The molecule has 0 spiro atoms. The number of alkyl carbamates (subject to hydrolysis) is 2. The number of imidazole rings is 1. The van der Waals surface area contributed by atoms with Crippen LogP contribution in [0.2, 0.25) is 0 Å². The lowest BCUT2D eigenvalue weighted by atomic mass is 9.72. The highest BCUT2D eigenvalue weighted by atomic mass is 19.1. The van der Waals surface area contributed by atoms with Gasteiger partial charge in [0.05, 0.1) is 61.2 Å². The van der Waals surface area contributed by atoms with Gasteiger partial charge >= 0.3 is 12.2 Å². The number of aliphatic imine (C=N–C) groups is 1. The van der Waals surface area contributed by atoms with E-state index in [1.807, 2.05) is 38.7 Å². The summed E-state index contributed by atoms with van der Waals surface area (Å²) in [7, 11) is 2.61. The molecule has 458 valence electrons. The first-order chi connectivity index (χ1) is 40.5. The maximum absolute atomic E-state index is 17.4. The molecule has 2 saturated heterocycles. The van der Waals surface area contributed by atoms with Gasteiger partial charge in [0.15, 0.2) is 0 Å². The standard InChI is InChI=1S/C68H94F3N7O6/c1-39(2)63(75-67(81)83-6)61(79)33-45-22-12-9-13-24-48(45)65-73-56-37-50(51(69)38-57(56)74-65)59-30-29-58(78(59)47-34-52(70)62(53(71)35-47)44-21-15-14-20-43(27-28-44)42-18-10-8-11-19-42)49-36-55-46(32-41(49)5)23-16-25-54(72-55)60-26-17-31-77(60)66(80)64(40(3)4)76-68(82)84-7/h32,34-40,42-45,48,58-61,63-64,79H,8-31,33H2,1-7H3,(H,73,74)(H,75,81)(H,76,82). The zero-order chi connectivity index (χ0) is 59.3. The highest BCUT2D eigenvalue weighted by Crippen LogP contribution is 2.52. The Morgan fingerprint density at radius 1 is 0.679 bits per heavy atom. The first-order valence-electron chi connectivity index (χ1n) is 32.4. The van der Waals surface area contributed by atoms with Gasteiger partial charge in [-0.15, -0.1) is 0 Å². The minimum atomic E-state index is -0.824. The summed E-state index contributed by atoms with van der Waals surface area (Å²) in [5.74, 6) is -0.0766. The molecule has 0 bridgehead atoms. The number of likely N-dealkylation sites (tertiary alicyclic amines) is 1. The van der Waals surface area contributed by atoms with Crippen molar-refractivity contribution in [2.45, 2.75) is 237 Å². The summed E-state index contributed by atoms with van der Waals surface area (Å²) in [6, 6.07) is 8.24. The average Bonchev–Trinajstić information content (AvgIpc) is 1.83. The smallest absolute Gasteiger partial charge is 0.407 e. The quantitative estimate of drug-likeness (QED) is 0.0856. The third-order valence-corrected chi connectivity index (χ3v) is 20.7. The van der Waals surface area contributed by atoms with Crippen LogP contribution >= 0.6 is 0 Å². The van der Waals surface area contributed by atoms with Gasteiger partial charge in [0, 0.05) is 41.1 Å². The van der Waals surface area contributed by atoms with Gasteiger partial charge in [0.25, 0.3) is 0 Å². The van der Waals surface area contributed by atoms with Gasteiger partial charge in [-0.05, 0) is 167 Å². The molecule has 3 aliphatic heterocycles. The molecule has 1 aromatic heterocycles. The molecule has 84 heavy (non-hydrogen) atoms. The van der Waals surface area contributed by atoms with Gasteiger partial charge in [-0.25, -0.2) is 27.7 Å². The molecular weight excluding hydrogens is 1070 g/mol. The topological polar surface area (TPSA) is 161 Å². The molecule has 4 heterocycles. The molecule has 13 nitrogen and oxygen atoms in total. The van der Waals surface area contributed by atoms with Gasteiger partial charge in [0.2, 0.25) is 5.91 Å². The molecule has 16 heteroatoms. The van der Waals surface area contributed by atoms with Crippen molar-refractivity contribution in [3.63, 3.8) is 0 Å². The van der Waals surface area contributed by atoms with Crippen LogP contribution in [-0.4, -0.2) is 88.8 Å². The van der Waals surface area contributed by atoms with Gasteiger partial charge in [-0.1, -0.05) is 104 Å². The lowest BCUT2D eigenvalue weighted by Gasteiger charge is -2.35. The van der Waals surface area contributed by atoms with E-state index >= 15 is 13.2 Å². The molecular formula is C68H94F3N7O6. The fourth-order valence-electron chi connectivity index (χ4n) is 16.2. The Hall–Kier alpha value is -5.64. The number of methoxy groups -OCH3 is 2. The van der Waals surface area contributed by atoms with Crippen LogP contribution in [0.1, 0.15) is 233 Å². The Kier molecular flexibility index (Phi) is 20.0. The molecule has 4 aromatic rings. The second-order valence-electron chi connectivity index (χ2n) is 26.6. The third kappa shape index (κ3) is 13.5. The van der Waals surface area contributed by atoms with E-state index in [2.05, 4.69) is 39.6 Å². The van der Waals surface area contributed by atoms with E-state index in [4.69, 9.17) is 19.5 Å². The number of aliphatic hydroxyl groups is 1. The summed E-state index contributed by atoms with van der Waals surface area (Å²) in [4.78, 5) is 57.1. The van der Waals surface area contributed by atoms with Crippen molar-refractivity contribution in [3.8, 4) is 0 Å². The van der Waals surface area contributed by atoms with Crippen LogP contribution in [0.4, 0.5) is 34.1 Å². The van der Waals surface area contributed by atoms with Crippen molar-refractivity contribution in [1.82, 2.24) is 25.5 Å². The van der Waals surface area contributed by atoms with Crippen molar-refractivity contribution < 1.29 is 42.1 Å². The van der Waals surface area contributed by atoms with Crippen LogP contribution in [-0.2, 0) is 20.7 Å². The second kappa shape index (κ2) is 27.4. The van der Waals surface area contributed by atoms with Crippen LogP contribution in [0.5, 0.6) is 0 Å². The number of nitrogens with one attached hydrogen (secondary N) is 3. The molecule has 3 aromatic carbocycles. The van der Waals surface area contributed by atoms with Crippen LogP contribution in [0, 0.1) is 54.0 Å². The van der Waals surface area contributed by atoms with E-state index in [9.17, 15) is 19.5 Å². The largest absolute Gasteiger partial charge is 0.453 e. The number of benzene rings is 3. The number of fused-ring (bicyclic) bond motifs is 2. The summed E-state index contributed by atoms with van der Waals surface area (Å²) >= 11 is 0. The predicted molar refractivity (Wildman–Crippen MR) is 324 cm³/mol. The first kappa shape index (κ1) is 61.4. The van der Waals surface area contributed by atoms with Crippen molar-refractivity contribution >= 4 is 46.2 Å². The van der Waals surface area contributed by atoms with Crippen LogP contribution in [0.15, 0.2) is 41.4 Å². The number of carbonyl (C=O) groups is 3. The van der Waals surface area contributed by atoms with E-state index in [1.54, 1.807) is 0 Å². The lowest BCUT2D eigenvalue weighted by molar-refractivity contribution is -0.134. The number of aromatic amines is 1. The van der Waals surface area contributed by atoms with Gasteiger partial charge < -0.3 is 40.0 Å². The number of H-pyrrole nitrogens is 1. The highest BCUT2D eigenvalue weighted by molar-refractivity contribution is 5.97. The monoisotopic (exact) mass is 1160 g/mol. The molecule has 5 fully saturated rings. The van der Waals surface area contributed by atoms with E-state index in [0.717, 1.165) is 124 Å². The number of carbonyl (C=O) groups excluding carboxylic acids is 3. The zero-order valence-electron chi connectivity index (χ0n) is 51.1. The van der Waals surface area contributed by atoms with Crippen LogP contribution in [0.3, 0.4) is 0 Å². The number of rotatable bonds is 15. The number of aromatic nitrogens is 2. The second-order valence-corrected chi connectivity index (χ2v) is 26.6. The molecule has 3 aliphatic carbocycles. The Morgan fingerprint density at radius 2 is 1.33 bits per heavy atom. The van der Waals surface area contributed by atoms with Crippen molar-refractivity contribution in [2.24, 2.45) is 34.6 Å². The molecule has 3 saturated carbocycles. The number of hydrogen-bond acceptors (Lipinski definition) is 9. The van der Waals surface area contributed by atoms with Crippen molar-refractivity contribution in [2.75, 3.05) is 25.7 Å². The molecule has 10 rings (SSSR count). The summed E-state index contributed by atoms with van der Waals surface area (Å²) in [5.41, 5.74) is 6.94. The van der Waals surface area contributed by atoms with E-state index in [-0.39, 0.29) is 47.1 Å². The maximum atomic E-state index is 17.4. The minimum Gasteiger partial charge on any atom is -0.453 e. The average molecular weight is 1160 g/mol. The van der Waals surface area contributed by atoms with Gasteiger partial charge in [0.1, 0.15) is 29.3 Å². The summed E-state index contributed by atoms with van der Waals surface area (Å²) in [6.45, 7) is 10.4. The highest BCUT2D eigenvalue weighted by Gasteiger charge is 2.42. The van der Waals surface area contributed by atoms with Crippen LogP contribution in [0.25, 0.3) is 11.0 Å². The Morgan fingerprint density at radius 3 is 2.04 bits per heavy atom. The number of anilines is 1. The Bertz CT molecular complexity index is 2970. The predicted octanol–water partition coefficient (Wildman–Crippen LogP) is 15.6. The van der Waals surface area contributed by atoms with Gasteiger partial charge in [-0.2, -0.15) is 0 Å². The van der Waals surface area contributed by atoms with Crippen molar-refractivity contribution in [1.29, 1.82) is 0 Å². The number of ether oxygens (including phenoxy) is 2. The number of nitrogens with zero attached hydrogens (tertiary/aromatic N) is 4. The van der Waals surface area contributed by atoms with E-state index in [1.165, 1.54) is 70.9 Å². The number of hydrogen-bond donors (Lipinski definition) is 4. The number of aliphatic hydroxyl groups excluding tert-OH is 1. The van der Waals surface area contributed by atoms with Gasteiger partial charge in [-0.3, -0.25) is 9.79 Å². The normalized spacial score (nSPS) is 25.7. The number of aryl methyl sites for hydroxylation is 2. The van der Waals surface area contributed by atoms with Crippen molar-refractivity contribution in [3.05, 3.63) is 87.5 Å². The Balaban J connectivity index is 1.01. The molecule has 6 aliphatic rings. The fraction of sp³-hybridized carbons (Fsp3) is 0.662. The third-order valence-electron chi connectivity index (χ3n) is 20.7. The minimum absolute atomic E-state index is 0.0435. The lowest BCUT2D eigenvalue weighted by Crippen LogP contribution is -2.53. The van der Waals surface area contributed by atoms with Crippen LogP contribution < -0.4 is 15.5 Å². The molecule has 10 atom stereocenters. The zero-order valence-corrected chi connectivity index (χ0v) is 51.1. The summed E-state index contributed by atoms with van der Waals surface area (Å²) in [5, 5.41) is 17.3. The summed E-state index contributed by atoms with van der Waals surface area (Å²) in [6.07, 6.45) is 20.2. The SMILES string of the molecule is COC(=O)NC(C(=O)N1CCCC1C1=Nc2cc(C3CCC(c4cc5[nH]c(C6CCCCCC6CC(O)C(NC(=O)OC)C(C)C)nc5cc4F)N3c3cc(F)c(C4CCCCC(C5CCCCC5)CC4)c(F)c3)c(C)cc2CCC1)C(C)C. The maximum Gasteiger partial charge on any atom is 0.407 e. The molecule has 3 amide bonds. The molecule has 0 radical (unpaired) electrons. The fourth-order valence-corrected chi connectivity index (χ4v) is 16.2. The Labute approximate surface area is 496 Å². The first-order valence-corrected chi connectivity index (χ1v) is 32.4. The number of halogens is 3. The van der Waals surface area contributed by atoms with E-state index in [0.29, 0.717) is 66.3 Å².